The average Bonchev–Trinajstić information content (AvgIpc) is 3.32. The summed E-state index contributed by atoms with van der Waals surface area (Å²) < 4.78 is 4.72. The Hall–Kier alpha value is -3.69. The fourth-order valence-corrected chi connectivity index (χ4v) is 2.50. The summed E-state index contributed by atoms with van der Waals surface area (Å²) in [6, 6.07) is 0. The summed E-state index contributed by atoms with van der Waals surface area (Å²) in [7, 11) is 5.24. The van der Waals surface area contributed by atoms with Gasteiger partial charge in [0.05, 0.1) is 24.3 Å². The van der Waals surface area contributed by atoms with Gasteiger partial charge in [-0.2, -0.15) is 15.3 Å². The molecule has 3 aromatic rings. The Morgan fingerprint density at radius 3 is 2.44 bits per heavy atom. The molecule has 0 aromatic carbocycles. The second-order valence-electron chi connectivity index (χ2n) is 6.01. The minimum atomic E-state index is -0.367. The van der Waals surface area contributed by atoms with Gasteiger partial charge in [-0.05, 0) is 6.08 Å². The molecule has 10 heteroatoms. The zero-order chi connectivity index (χ0) is 19.4. The Bertz CT molecular complexity index is 994. The van der Waals surface area contributed by atoms with E-state index in [0.29, 0.717) is 12.2 Å². The molecule has 140 valence electrons. The van der Waals surface area contributed by atoms with Crippen molar-refractivity contribution in [1.82, 2.24) is 34.7 Å². The van der Waals surface area contributed by atoms with Crippen molar-refractivity contribution in [2.75, 3.05) is 5.32 Å². The first-order valence-electron chi connectivity index (χ1n) is 8.18. The minimum Gasteiger partial charge on any atom is -0.346 e. The maximum absolute atomic E-state index is 12.5. The number of amides is 2. The summed E-state index contributed by atoms with van der Waals surface area (Å²) in [4.78, 5) is 24.7. The molecule has 0 saturated carbocycles. The van der Waals surface area contributed by atoms with Gasteiger partial charge in [-0.1, -0.05) is 0 Å². The third-order valence-electron chi connectivity index (χ3n) is 3.78. The number of anilines is 1. The molecule has 27 heavy (non-hydrogen) atoms. The Labute approximate surface area is 155 Å². The van der Waals surface area contributed by atoms with Crippen LogP contribution < -0.4 is 10.6 Å². The number of hydrogen-bond donors (Lipinski definition) is 2. The predicted molar refractivity (Wildman–Crippen MR) is 98.5 cm³/mol. The molecule has 0 bridgehead atoms. The fraction of sp³-hybridized carbons (Fsp3) is 0.235. The van der Waals surface area contributed by atoms with Crippen molar-refractivity contribution >= 4 is 23.6 Å². The lowest BCUT2D eigenvalue weighted by Gasteiger charge is -2.07. The minimum absolute atomic E-state index is 0.266. The van der Waals surface area contributed by atoms with Crippen molar-refractivity contribution < 1.29 is 9.59 Å². The van der Waals surface area contributed by atoms with Gasteiger partial charge in [-0.25, -0.2) is 0 Å². The van der Waals surface area contributed by atoms with Crippen LogP contribution in [0, 0.1) is 0 Å². The van der Waals surface area contributed by atoms with Crippen LogP contribution in [0.2, 0.25) is 0 Å². The maximum atomic E-state index is 12.5. The van der Waals surface area contributed by atoms with Crippen molar-refractivity contribution in [2.45, 2.75) is 6.54 Å². The first-order chi connectivity index (χ1) is 12.9. The highest BCUT2D eigenvalue weighted by molar-refractivity contribution is 6.06. The molecule has 10 nitrogen and oxygen atoms in total. The summed E-state index contributed by atoms with van der Waals surface area (Å²) in [5.74, 6) is -0.710. The molecule has 3 rings (SSSR count). The number of aromatic nitrogens is 6. The number of carbonyl (C=O) groups is 2. The molecule has 0 radical (unpaired) electrons. The first kappa shape index (κ1) is 18.1. The summed E-state index contributed by atoms with van der Waals surface area (Å²) in [6.07, 6.45) is 11.4. The smallest absolute Gasteiger partial charge is 0.271 e. The zero-order valence-electron chi connectivity index (χ0n) is 15.2. The van der Waals surface area contributed by atoms with E-state index in [1.165, 1.54) is 17.0 Å². The molecular weight excluding hydrogens is 348 g/mol. The monoisotopic (exact) mass is 368 g/mol. The largest absolute Gasteiger partial charge is 0.346 e. The molecular formula is C17H20N8O2. The van der Waals surface area contributed by atoms with Crippen molar-refractivity contribution in [3.8, 4) is 0 Å². The Morgan fingerprint density at radius 2 is 1.78 bits per heavy atom. The van der Waals surface area contributed by atoms with E-state index in [2.05, 4.69) is 25.9 Å². The second-order valence-corrected chi connectivity index (χ2v) is 6.01. The molecule has 0 atom stereocenters. The fourth-order valence-electron chi connectivity index (χ4n) is 2.50. The summed E-state index contributed by atoms with van der Waals surface area (Å²) in [6.45, 7) is 0.326. The van der Waals surface area contributed by atoms with Gasteiger partial charge in [0.25, 0.3) is 5.91 Å². The van der Waals surface area contributed by atoms with Crippen molar-refractivity contribution in [1.29, 1.82) is 0 Å². The van der Waals surface area contributed by atoms with Gasteiger partial charge in [0.2, 0.25) is 5.91 Å². The van der Waals surface area contributed by atoms with Crippen LogP contribution in [-0.4, -0.2) is 41.2 Å². The van der Waals surface area contributed by atoms with E-state index in [9.17, 15) is 9.59 Å². The van der Waals surface area contributed by atoms with Crippen LogP contribution >= 0.6 is 0 Å². The average molecular weight is 368 g/mol. The van der Waals surface area contributed by atoms with Crippen LogP contribution in [0.5, 0.6) is 0 Å². The lowest BCUT2D eigenvalue weighted by molar-refractivity contribution is -0.111. The molecule has 3 heterocycles. The highest BCUT2D eigenvalue weighted by Crippen LogP contribution is 2.14. The standard InChI is InChI=1S/C17H20N8O2/c1-23-10-12(7-19-23)4-5-15(26)22-14-9-21-25(3)16(14)17(27)18-6-13-8-20-24(2)11-13/h4-5,7-11H,6H2,1-3H3,(H,18,27)(H,22,26)/b5-4+. The summed E-state index contributed by atoms with van der Waals surface area (Å²) in [5.41, 5.74) is 2.27. The number of nitrogens with one attached hydrogen (secondary N) is 2. The highest BCUT2D eigenvalue weighted by Gasteiger charge is 2.18. The highest BCUT2D eigenvalue weighted by atomic mass is 16.2. The molecule has 0 aliphatic heterocycles. The number of rotatable bonds is 6. The molecule has 0 aliphatic rings. The van der Waals surface area contributed by atoms with Crippen LogP contribution in [0.25, 0.3) is 6.08 Å². The van der Waals surface area contributed by atoms with Gasteiger partial charge >= 0.3 is 0 Å². The topological polar surface area (TPSA) is 112 Å². The zero-order valence-corrected chi connectivity index (χ0v) is 15.2. The summed E-state index contributed by atoms with van der Waals surface area (Å²) >= 11 is 0. The third kappa shape index (κ3) is 4.48. The first-order valence-corrected chi connectivity index (χ1v) is 8.18. The SMILES string of the molecule is Cn1cc(/C=C/C(=O)Nc2cnn(C)c2C(=O)NCc2cnn(C)c2)cn1. The van der Waals surface area contributed by atoms with Crippen molar-refractivity contribution in [2.24, 2.45) is 21.1 Å². The van der Waals surface area contributed by atoms with Crippen LogP contribution in [0.3, 0.4) is 0 Å². The van der Waals surface area contributed by atoms with E-state index in [0.717, 1.165) is 11.1 Å². The molecule has 0 fully saturated rings. The van der Waals surface area contributed by atoms with Gasteiger partial charge in [0, 0.05) is 57.3 Å². The Kier molecular flexibility index (Phi) is 5.15. The Balaban J connectivity index is 1.65. The van der Waals surface area contributed by atoms with E-state index in [-0.39, 0.29) is 17.5 Å². The lowest BCUT2D eigenvalue weighted by Crippen LogP contribution is -2.26. The molecule has 3 aromatic heterocycles. The Morgan fingerprint density at radius 1 is 1.04 bits per heavy atom. The maximum Gasteiger partial charge on any atom is 0.271 e. The van der Waals surface area contributed by atoms with Crippen LogP contribution in [-0.2, 0) is 32.5 Å². The van der Waals surface area contributed by atoms with Crippen molar-refractivity contribution in [3.05, 3.63) is 53.9 Å². The predicted octanol–water partition coefficient (Wildman–Crippen LogP) is 0.469. The number of aryl methyl sites for hydroxylation is 3. The molecule has 0 saturated heterocycles. The van der Waals surface area contributed by atoms with Gasteiger partial charge < -0.3 is 10.6 Å². The normalized spacial score (nSPS) is 11.1. The van der Waals surface area contributed by atoms with Crippen LogP contribution in [0.1, 0.15) is 21.6 Å². The summed E-state index contributed by atoms with van der Waals surface area (Å²) in [5, 5.41) is 17.6. The van der Waals surface area contributed by atoms with E-state index in [4.69, 9.17) is 0 Å². The molecule has 2 N–H and O–H groups in total. The van der Waals surface area contributed by atoms with E-state index < -0.39 is 0 Å². The number of hydrogen-bond acceptors (Lipinski definition) is 5. The van der Waals surface area contributed by atoms with Gasteiger partial charge in [-0.3, -0.25) is 23.6 Å². The van der Waals surface area contributed by atoms with Crippen LogP contribution in [0.15, 0.2) is 37.1 Å². The quantitative estimate of drug-likeness (QED) is 0.614. The molecule has 0 aliphatic carbocycles. The third-order valence-corrected chi connectivity index (χ3v) is 3.78. The van der Waals surface area contributed by atoms with Crippen LogP contribution in [0.4, 0.5) is 5.69 Å². The molecule has 0 spiro atoms. The molecule has 0 unspecified atom stereocenters. The lowest BCUT2D eigenvalue weighted by atomic mass is 10.3. The van der Waals surface area contributed by atoms with Gasteiger partial charge in [-0.15, -0.1) is 0 Å². The molecule has 2 amide bonds. The second kappa shape index (κ2) is 7.68. The van der Waals surface area contributed by atoms with Crippen molar-refractivity contribution in [3.63, 3.8) is 0 Å². The van der Waals surface area contributed by atoms with E-state index in [1.54, 1.807) is 55.2 Å². The number of carbonyl (C=O) groups excluding carboxylic acids is 2. The van der Waals surface area contributed by atoms with E-state index >= 15 is 0 Å². The van der Waals surface area contributed by atoms with Gasteiger partial charge in [0.1, 0.15) is 5.69 Å². The number of nitrogens with zero attached hydrogens (tertiary/aromatic N) is 6. The van der Waals surface area contributed by atoms with E-state index in [1.807, 2.05) is 6.20 Å². The van der Waals surface area contributed by atoms with Gasteiger partial charge in [0.15, 0.2) is 0 Å².